The Labute approximate surface area is 94.7 Å². The minimum atomic E-state index is -0.410. The molecule has 1 aliphatic rings. The summed E-state index contributed by atoms with van der Waals surface area (Å²) < 4.78 is 9.60. The van der Waals surface area contributed by atoms with Crippen molar-refractivity contribution in [2.75, 3.05) is 26.9 Å². The molecule has 0 bridgehead atoms. The molecular weight excluding hydrogens is 212 g/mol. The standard InChI is InChI=1S/C10H18N2O4/c1-7(9(13)11-4-6-15-2)12-8-3-5-16-10(8)14/h7-8,12H,3-6H2,1-2H3,(H,11,13). The lowest BCUT2D eigenvalue weighted by atomic mass is 10.2. The van der Waals surface area contributed by atoms with Crippen molar-refractivity contribution in [2.45, 2.75) is 25.4 Å². The molecule has 1 rings (SSSR count). The predicted molar refractivity (Wildman–Crippen MR) is 56.8 cm³/mol. The number of ether oxygens (including phenoxy) is 2. The van der Waals surface area contributed by atoms with Crippen LogP contribution in [0, 0.1) is 0 Å². The average molecular weight is 230 g/mol. The van der Waals surface area contributed by atoms with Crippen LogP contribution in [-0.2, 0) is 19.1 Å². The third-order valence-electron chi connectivity index (χ3n) is 2.39. The molecule has 0 aromatic heterocycles. The zero-order chi connectivity index (χ0) is 12.0. The first-order valence-corrected chi connectivity index (χ1v) is 5.34. The Morgan fingerprint density at radius 3 is 3.00 bits per heavy atom. The van der Waals surface area contributed by atoms with Crippen LogP contribution >= 0.6 is 0 Å². The molecule has 0 spiro atoms. The number of hydrogen-bond donors (Lipinski definition) is 2. The molecular formula is C10H18N2O4. The van der Waals surface area contributed by atoms with Gasteiger partial charge in [-0.1, -0.05) is 0 Å². The Bertz CT molecular complexity index is 257. The summed E-state index contributed by atoms with van der Waals surface area (Å²) in [6.45, 7) is 3.09. The van der Waals surface area contributed by atoms with E-state index in [2.05, 4.69) is 10.6 Å². The fourth-order valence-corrected chi connectivity index (χ4v) is 1.45. The molecule has 1 amide bonds. The molecule has 16 heavy (non-hydrogen) atoms. The van der Waals surface area contributed by atoms with Gasteiger partial charge in [-0.2, -0.15) is 0 Å². The van der Waals surface area contributed by atoms with Gasteiger partial charge in [0.1, 0.15) is 6.04 Å². The van der Waals surface area contributed by atoms with Gasteiger partial charge in [-0.05, 0) is 6.92 Å². The van der Waals surface area contributed by atoms with Crippen LogP contribution in [0.4, 0.5) is 0 Å². The number of amides is 1. The highest BCUT2D eigenvalue weighted by molar-refractivity contribution is 5.83. The molecule has 6 heteroatoms. The van der Waals surface area contributed by atoms with E-state index in [1.807, 2.05) is 0 Å². The molecule has 0 saturated carbocycles. The van der Waals surface area contributed by atoms with Gasteiger partial charge in [0, 0.05) is 20.1 Å². The highest BCUT2D eigenvalue weighted by atomic mass is 16.5. The monoisotopic (exact) mass is 230 g/mol. The van der Waals surface area contributed by atoms with E-state index in [1.165, 1.54) is 0 Å². The second-order valence-electron chi connectivity index (χ2n) is 3.68. The van der Waals surface area contributed by atoms with Gasteiger partial charge in [0.25, 0.3) is 0 Å². The fourth-order valence-electron chi connectivity index (χ4n) is 1.45. The van der Waals surface area contributed by atoms with Crippen LogP contribution in [0.5, 0.6) is 0 Å². The molecule has 0 aromatic carbocycles. The molecule has 6 nitrogen and oxygen atoms in total. The summed E-state index contributed by atoms with van der Waals surface area (Å²) in [7, 11) is 1.57. The molecule has 92 valence electrons. The summed E-state index contributed by atoms with van der Waals surface area (Å²) in [4.78, 5) is 22.7. The summed E-state index contributed by atoms with van der Waals surface area (Å²) >= 11 is 0. The summed E-state index contributed by atoms with van der Waals surface area (Å²) in [5.74, 6) is -0.423. The molecule has 0 aliphatic carbocycles. The average Bonchev–Trinajstić information content (AvgIpc) is 2.64. The molecule has 1 aliphatic heterocycles. The number of esters is 1. The SMILES string of the molecule is COCCNC(=O)C(C)NC1CCOC1=O. The van der Waals surface area contributed by atoms with Gasteiger partial charge in [0.15, 0.2) is 0 Å². The minimum absolute atomic E-state index is 0.142. The van der Waals surface area contributed by atoms with Crippen molar-refractivity contribution >= 4 is 11.9 Å². The number of carbonyl (C=O) groups is 2. The maximum absolute atomic E-state index is 11.5. The lowest BCUT2D eigenvalue weighted by Crippen LogP contribution is -2.48. The molecule has 0 aromatic rings. The van der Waals surface area contributed by atoms with E-state index in [-0.39, 0.29) is 17.9 Å². The quantitative estimate of drug-likeness (QED) is 0.454. The number of cyclic esters (lactones) is 1. The van der Waals surface area contributed by atoms with E-state index in [9.17, 15) is 9.59 Å². The first-order chi connectivity index (χ1) is 7.65. The molecule has 2 N–H and O–H groups in total. The zero-order valence-corrected chi connectivity index (χ0v) is 9.62. The summed E-state index contributed by atoms with van der Waals surface area (Å²) in [6.07, 6.45) is 0.620. The van der Waals surface area contributed by atoms with Gasteiger partial charge >= 0.3 is 5.97 Å². The third-order valence-corrected chi connectivity index (χ3v) is 2.39. The van der Waals surface area contributed by atoms with E-state index in [1.54, 1.807) is 14.0 Å². The normalized spacial score (nSPS) is 21.6. The van der Waals surface area contributed by atoms with Crippen molar-refractivity contribution < 1.29 is 19.1 Å². The zero-order valence-electron chi connectivity index (χ0n) is 9.62. The largest absolute Gasteiger partial charge is 0.464 e. The maximum Gasteiger partial charge on any atom is 0.323 e. The van der Waals surface area contributed by atoms with Crippen LogP contribution in [0.3, 0.4) is 0 Å². The van der Waals surface area contributed by atoms with Crippen molar-refractivity contribution in [3.05, 3.63) is 0 Å². The van der Waals surface area contributed by atoms with Crippen LogP contribution < -0.4 is 10.6 Å². The van der Waals surface area contributed by atoms with Gasteiger partial charge in [-0.3, -0.25) is 14.9 Å². The maximum atomic E-state index is 11.5. The van der Waals surface area contributed by atoms with Crippen molar-refractivity contribution in [3.63, 3.8) is 0 Å². The number of nitrogens with one attached hydrogen (secondary N) is 2. The highest BCUT2D eigenvalue weighted by Crippen LogP contribution is 2.06. The molecule has 0 radical (unpaired) electrons. The Kier molecular flexibility index (Phi) is 5.21. The van der Waals surface area contributed by atoms with E-state index in [0.717, 1.165) is 0 Å². The third kappa shape index (κ3) is 3.79. The van der Waals surface area contributed by atoms with Crippen LogP contribution in [0.15, 0.2) is 0 Å². The Balaban J connectivity index is 2.25. The Morgan fingerprint density at radius 2 is 2.44 bits per heavy atom. The van der Waals surface area contributed by atoms with Crippen LogP contribution in [0.25, 0.3) is 0 Å². The van der Waals surface area contributed by atoms with Crippen molar-refractivity contribution in [3.8, 4) is 0 Å². The van der Waals surface area contributed by atoms with Gasteiger partial charge in [0.05, 0.1) is 19.3 Å². The Hall–Kier alpha value is -1.14. The van der Waals surface area contributed by atoms with Gasteiger partial charge in [-0.25, -0.2) is 0 Å². The van der Waals surface area contributed by atoms with Crippen LogP contribution in [0.1, 0.15) is 13.3 Å². The molecule has 1 heterocycles. The molecule has 1 fully saturated rings. The second-order valence-corrected chi connectivity index (χ2v) is 3.68. The van der Waals surface area contributed by atoms with E-state index in [0.29, 0.717) is 26.2 Å². The van der Waals surface area contributed by atoms with Gasteiger partial charge in [0.2, 0.25) is 5.91 Å². The van der Waals surface area contributed by atoms with Gasteiger partial charge < -0.3 is 14.8 Å². The summed E-state index contributed by atoms with van der Waals surface area (Å²) in [5.41, 5.74) is 0. The summed E-state index contributed by atoms with van der Waals surface area (Å²) in [5, 5.41) is 5.62. The fraction of sp³-hybridized carbons (Fsp3) is 0.800. The van der Waals surface area contributed by atoms with E-state index < -0.39 is 6.04 Å². The van der Waals surface area contributed by atoms with Crippen LogP contribution in [-0.4, -0.2) is 50.8 Å². The van der Waals surface area contributed by atoms with Crippen molar-refractivity contribution in [2.24, 2.45) is 0 Å². The van der Waals surface area contributed by atoms with Crippen LogP contribution in [0.2, 0.25) is 0 Å². The minimum Gasteiger partial charge on any atom is -0.464 e. The van der Waals surface area contributed by atoms with Gasteiger partial charge in [-0.15, -0.1) is 0 Å². The topological polar surface area (TPSA) is 76.7 Å². The highest BCUT2D eigenvalue weighted by Gasteiger charge is 2.29. The van der Waals surface area contributed by atoms with Crippen molar-refractivity contribution in [1.82, 2.24) is 10.6 Å². The number of hydrogen-bond acceptors (Lipinski definition) is 5. The predicted octanol–water partition coefficient (Wildman–Crippen LogP) is -0.957. The molecule has 1 saturated heterocycles. The lowest BCUT2D eigenvalue weighted by Gasteiger charge is -2.16. The van der Waals surface area contributed by atoms with E-state index >= 15 is 0 Å². The lowest BCUT2D eigenvalue weighted by molar-refractivity contribution is -0.139. The second kappa shape index (κ2) is 6.44. The smallest absolute Gasteiger partial charge is 0.323 e. The van der Waals surface area contributed by atoms with Crippen molar-refractivity contribution in [1.29, 1.82) is 0 Å². The van der Waals surface area contributed by atoms with E-state index in [4.69, 9.17) is 9.47 Å². The first kappa shape index (κ1) is 12.9. The number of rotatable bonds is 6. The molecule has 2 unspecified atom stereocenters. The molecule has 2 atom stereocenters. The number of carbonyl (C=O) groups excluding carboxylic acids is 2. The summed E-state index contributed by atoms with van der Waals surface area (Å²) in [6, 6.07) is -0.768. The first-order valence-electron chi connectivity index (χ1n) is 5.34. The number of methoxy groups -OCH3 is 1. The Morgan fingerprint density at radius 1 is 1.69 bits per heavy atom.